The first-order valence-corrected chi connectivity index (χ1v) is 21.7. The first-order valence-electron chi connectivity index (χ1n) is 21.7. The fourth-order valence-corrected chi connectivity index (χ4v) is 6.11. The molecule has 8 nitrogen and oxygen atoms in total. The number of carboxylic acid groups (broad SMARTS) is 1. The summed E-state index contributed by atoms with van der Waals surface area (Å²) in [4.78, 5) is 36.9. The van der Waals surface area contributed by atoms with Crippen molar-refractivity contribution < 1.29 is 38.2 Å². The second-order valence-electron chi connectivity index (χ2n) is 15.6. The Morgan fingerprint density at radius 3 is 1.61 bits per heavy atom. The topological polar surface area (TPSA) is 99.1 Å². The molecule has 0 radical (unpaired) electrons. The monoisotopic (exact) mass is 761 g/mol. The maximum Gasteiger partial charge on any atom is 0.362 e. The first kappa shape index (κ1) is 51.3. The molecular formula is C46H82NO7+. The smallest absolute Gasteiger partial charge is 0.362 e. The van der Waals surface area contributed by atoms with E-state index < -0.39 is 18.1 Å². The standard InChI is InChI=1S/C46H81NO7/c1-6-8-10-12-14-16-18-19-20-21-22-23-24-25-27-28-30-32-34-36-44(48)53-41-42(40-52-39-38-43(46(50)51)47(3,4)5)54-45(49)37-35-33-31-29-26-17-15-13-11-9-7-2/h9,11,15,17,21-22,29,31,42-43H,6-8,10,12-14,16,18-20,23-28,30,32-41H2,1-5H3/p+1/b11-9+,17-15+,22-21+,31-29+. The Labute approximate surface area is 331 Å². The van der Waals surface area contributed by atoms with Crippen LogP contribution in [0.25, 0.3) is 0 Å². The number of likely N-dealkylation sites (N-methyl/N-ethyl adjacent to an activating group) is 1. The van der Waals surface area contributed by atoms with Crippen LogP contribution in [0.2, 0.25) is 0 Å². The fraction of sp³-hybridized carbons (Fsp3) is 0.761. The van der Waals surface area contributed by atoms with Gasteiger partial charge in [-0.3, -0.25) is 9.59 Å². The lowest BCUT2D eigenvalue weighted by Gasteiger charge is -2.31. The molecule has 0 aromatic rings. The molecule has 0 amide bonds. The van der Waals surface area contributed by atoms with Crippen LogP contribution in [-0.4, -0.2) is 80.6 Å². The number of carbonyl (C=O) groups is 3. The van der Waals surface area contributed by atoms with Crippen LogP contribution in [0.15, 0.2) is 48.6 Å². The van der Waals surface area contributed by atoms with Crippen molar-refractivity contribution in [3.8, 4) is 0 Å². The molecule has 0 saturated carbocycles. The summed E-state index contributed by atoms with van der Waals surface area (Å²) in [5.74, 6) is -1.55. The van der Waals surface area contributed by atoms with Gasteiger partial charge in [-0.2, -0.15) is 0 Å². The molecule has 1 N–H and O–H groups in total. The third kappa shape index (κ3) is 35.0. The summed E-state index contributed by atoms with van der Waals surface area (Å²) in [5, 5.41) is 9.60. The zero-order valence-corrected chi connectivity index (χ0v) is 35.4. The van der Waals surface area contributed by atoms with E-state index in [0.717, 1.165) is 44.9 Å². The van der Waals surface area contributed by atoms with Gasteiger partial charge >= 0.3 is 17.9 Å². The van der Waals surface area contributed by atoms with Gasteiger partial charge in [0.1, 0.15) is 6.61 Å². The molecule has 312 valence electrons. The first-order chi connectivity index (χ1) is 26.1. The molecular weight excluding hydrogens is 679 g/mol. The van der Waals surface area contributed by atoms with E-state index in [-0.39, 0.29) is 42.7 Å². The minimum absolute atomic E-state index is 0.0389. The third-order valence-corrected chi connectivity index (χ3v) is 9.46. The second-order valence-corrected chi connectivity index (χ2v) is 15.6. The van der Waals surface area contributed by atoms with Gasteiger partial charge in [0.05, 0.1) is 34.4 Å². The summed E-state index contributed by atoms with van der Waals surface area (Å²) >= 11 is 0. The highest BCUT2D eigenvalue weighted by atomic mass is 16.6. The van der Waals surface area contributed by atoms with Crippen LogP contribution < -0.4 is 0 Å². The van der Waals surface area contributed by atoms with Gasteiger partial charge in [-0.05, 0) is 64.2 Å². The minimum Gasteiger partial charge on any atom is -0.477 e. The molecule has 0 saturated heterocycles. The predicted octanol–water partition coefficient (Wildman–Crippen LogP) is 11.6. The second kappa shape index (κ2) is 37.2. The van der Waals surface area contributed by atoms with E-state index in [4.69, 9.17) is 14.2 Å². The maximum atomic E-state index is 12.6. The van der Waals surface area contributed by atoms with E-state index in [1.54, 1.807) is 0 Å². The number of hydrogen-bond acceptors (Lipinski definition) is 6. The zero-order valence-electron chi connectivity index (χ0n) is 35.4. The summed E-state index contributed by atoms with van der Waals surface area (Å²) in [7, 11) is 5.50. The van der Waals surface area contributed by atoms with Crippen LogP contribution in [-0.2, 0) is 28.6 Å². The molecule has 0 aliphatic rings. The van der Waals surface area contributed by atoms with Crippen molar-refractivity contribution in [2.24, 2.45) is 0 Å². The number of aliphatic carboxylic acids is 1. The van der Waals surface area contributed by atoms with Crippen molar-refractivity contribution in [2.75, 3.05) is 41.0 Å². The zero-order chi connectivity index (χ0) is 40.0. The van der Waals surface area contributed by atoms with Crippen LogP contribution >= 0.6 is 0 Å². The summed E-state index contributed by atoms with van der Waals surface area (Å²) < 4.78 is 17.2. The van der Waals surface area contributed by atoms with Crippen LogP contribution in [0.3, 0.4) is 0 Å². The Morgan fingerprint density at radius 2 is 1.06 bits per heavy atom. The van der Waals surface area contributed by atoms with Crippen molar-refractivity contribution in [1.29, 1.82) is 0 Å². The Kier molecular flexibility index (Phi) is 35.4. The van der Waals surface area contributed by atoms with E-state index in [1.807, 2.05) is 21.1 Å². The SMILES string of the molecule is CC/C=C/C/C=C/C/C=C/CCCC(=O)OC(COCCC(C(=O)O)[N+](C)(C)C)COC(=O)CCCCCCCCC/C=C/CCCCCCCCCC. The number of quaternary nitrogens is 1. The van der Waals surface area contributed by atoms with Crippen LogP contribution in [0.4, 0.5) is 0 Å². The Morgan fingerprint density at radius 1 is 0.574 bits per heavy atom. The Hall–Kier alpha value is -2.71. The van der Waals surface area contributed by atoms with Gasteiger partial charge in [0.15, 0.2) is 12.1 Å². The molecule has 0 rings (SSSR count). The molecule has 0 fully saturated rings. The number of ether oxygens (including phenoxy) is 3. The van der Waals surface area contributed by atoms with Crippen molar-refractivity contribution in [2.45, 2.75) is 187 Å². The van der Waals surface area contributed by atoms with Crippen LogP contribution in [0.1, 0.15) is 174 Å². The molecule has 0 aliphatic heterocycles. The lowest BCUT2D eigenvalue weighted by molar-refractivity contribution is -0.887. The highest BCUT2D eigenvalue weighted by Gasteiger charge is 2.31. The van der Waals surface area contributed by atoms with E-state index in [1.165, 1.54) is 89.9 Å². The summed E-state index contributed by atoms with van der Waals surface area (Å²) in [6, 6.07) is -0.623. The van der Waals surface area contributed by atoms with Crippen molar-refractivity contribution in [1.82, 2.24) is 0 Å². The van der Waals surface area contributed by atoms with Crippen molar-refractivity contribution >= 4 is 17.9 Å². The van der Waals surface area contributed by atoms with E-state index in [2.05, 4.69) is 62.5 Å². The number of allylic oxidation sites excluding steroid dienone is 8. The number of carbonyl (C=O) groups excluding carboxylic acids is 2. The highest BCUT2D eigenvalue weighted by molar-refractivity contribution is 5.72. The van der Waals surface area contributed by atoms with Gasteiger partial charge in [-0.1, -0.05) is 140 Å². The van der Waals surface area contributed by atoms with E-state index >= 15 is 0 Å². The molecule has 0 aromatic carbocycles. The van der Waals surface area contributed by atoms with Gasteiger partial charge in [0.25, 0.3) is 0 Å². The number of rotatable bonds is 38. The molecule has 54 heavy (non-hydrogen) atoms. The lowest BCUT2D eigenvalue weighted by atomic mass is 10.1. The normalized spacial score (nSPS) is 13.4. The third-order valence-electron chi connectivity index (χ3n) is 9.46. The number of unbranched alkanes of at least 4 members (excludes halogenated alkanes) is 16. The van der Waals surface area contributed by atoms with Gasteiger partial charge < -0.3 is 23.8 Å². The molecule has 0 aromatic heterocycles. The largest absolute Gasteiger partial charge is 0.477 e. The van der Waals surface area contributed by atoms with E-state index in [0.29, 0.717) is 19.3 Å². The van der Waals surface area contributed by atoms with E-state index in [9.17, 15) is 19.5 Å². The molecule has 2 unspecified atom stereocenters. The van der Waals surface area contributed by atoms with Gasteiger partial charge in [-0.25, -0.2) is 4.79 Å². The molecule has 0 heterocycles. The molecule has 0 bridgehead atoms. The van der Waals surface area contributed by atoms with Gasteiger partial charge in [-0.15, -0.1) is 0 Å². The average Bonchev–Trinajstić information content (AvgIpc) is 3.12. The molecule has 0 aliphatic carbocycles. The number of nitrogens with zero attached hydrogens (tertiary/aromatic N) is 1. The molecule has 2 atom stereocenters. The number of hydrogen-bond donors (Lipinski definition) is 1. The summed E-state index contributed by atoms with van der Waals surface area (Å²) in [5.41, 5.74) is 0. The molecule has 0 spiro atoms. The van der Waals surface area contributed by atoms with Crippen LogP contribution in [0.5, 0.6) is 0 Å². The van der Waals surface area contributed by atoms with Crippen LogP contribution in [0, 0.1) is 0 Å². The predicted molar refractivity (Wildman–Crippen MR) is 224 cm³/mol. The van der Waals surface area contributed by atoms with Gasteiger partial charge in [0.2, 0.25) is 0 Å². The fourth-order valence-electron chi connectivity index (χ4n) is 6.11. The maximum absolute atomic E-state index is 12.6. The quantitative estimate of drug-likeness (QED) is 0.0289. The Bertz CT molecular complexity index is 1030. The molecule has 8 heteroatoms. The summed E-state index contributed by atoms with van der Waals surface area (Å²) in [6.45, 7) is 4.55. The lowest BCUT2D eigenvalue weighted by Crippen LogP contribution is -2.50. The minimum atomic E-state index is -0.885. The van der Waals surface area contributed by atoms with Crippen molar-refractivity contribution in [3.63, 3.8) is 0 Å². The summed E-state index contributed by atoms with van der Waals surface area (Å²) in [6.07, 6.45) is 43.2. The highest BCUT2D eigenvalue weighted by Crippen LogP contribution is 2.13. The average molecular weight is 761 g/mol. The number of esters is 2. The Balaban J connectivity index is 4.33. The number of carboxylic acids is 1. The van der Waals surface area contributed by atoms with Gasteiger partial charge in [0, 0.05) is 19.3 Å². The van der Waals surface area contributed by atoms with Crippen molar-refractivity contribution in [3.05, 3.63) is 48.6 Å².